The van der Waals surface area contributed by atoms with E-state index in [0.29, 0.717) is 11.3 Å². The SMILES string of the molecule is O=C1CSC2(C(=O)c3cccc4cccc2c34)N1c1ccc([N+](=O)[O-])cc1. The first-order valence-electron chi connectivity index (χ1n) is 8.32. The van der Waals surface area contributed by atoms with Gasteiger partial charge in [-0.15, -0.1) is 11.8 Å². The zero-order valence-electron chi connectivity index (χ0n) is 13.9. The highest BCUT2D eigenvalue weighted by Gasteiger charge is 2.58. The van der Waals surface area contributed by atoms with E-state index in [2.05, 4.69) is 0 Å². The van der Waals surface area contributed by atoms with Crippen molar-refractivity contribution in [1.82, 2.24) is 0 Å². The summed E-state index contributed by atoms with van der Waals surface area (Å²) in [5, 5.41) is 12.8. The standard InChI is InChI=1S/C20H12N2O4S/c23-17-11-27-20(21(17)13-7-9-14(10-8-13)22(25)26)16-6-2-4-12-3-1-5-15(18(12)16)19(20)24/h1-10H,11H2. The smallest absolute Gasteiger partial charge is 0.269 e. The number of nitrogens with zero attached hydrogens (tertiary/aromatic N) is 2. The van der Waals surface area contributed by atoms with Crippen molar-refractivity contribution in [2.45, 2.75) is 4.87 Å². The molecule has 0 saturated carbocycles. The summed E-state index contributed by atoms with van der Waals surface area (Å²) in [5.41, 5.74) is 1.83. The molecule has 132 valence electrons. The van der Waals surface area contributed by atoms with Gasteiger partial charge >= 0.3 is 0 Å². The van der Waals surface area contributed by atoms with E-state index in [4.69, 9.17) is 0 Å². The van der Waals surface area contributed by atoms with Gasteiger partial charge < -0.3 is 0 Å². The minimum Gasteiger partial charge on any atom is -0.290 e. The van der Waals surface area contributed by atoms with Crippen molar-refractivity contribution < 1.29 is 14.5 Å². The predicted octanol–water partition coefficient (Wildman–Crippen LogP) is 3.88. The zero-order valence-corrected chi connectivity index (χ0v) is 14.7. The molecule has 0 bridgehead atoms. The Hall–Kier alpha value is -3.19. The maximum Gasteiger partial charge on any atom is 0.269 e. The topological polar surface area (TPSA) is 80.5 Å². The van der Waals surface area contributed by atoms with Gasteiger partial charge in [-0.05, 0) is 22.9 Å². The van der Waals surface area contributed by atoms with Gasteiger partial charge in [0.25, 0.3) is 5.69 Å². The Kier molecular flexibility index (Phi) is 3.21. The third-order valence-electron chi connectivity index (χ3n) is 5.11. The van der Waals surface area contributed by atoms with Crippen LogP contribution in [0.1, 0.15) is 15.9 Å². The molecule has 1 atom stereocenters. The fraction of sp³-hybridized carbons (Fsp3) is 0.100. The Balaban J connectivity index is 1.74. The molecule has 1 spiro atoms. The predicted molar refractivity (Wildman–Crippen MR) is 103 cm³/mol. The van der Waals surface area contributed by atoms with Crippen molar-refractivity contribution in [2.75, 3.05) is 10.7 Å². The summed E-state index contributed by atoms with van der Waals surface area (Å²) in [4.78, 5) is 37.1. The number of Topliss-reactive ketones (excluding diaryl/α,β-unsaturated/α-hetero) is 1. The van der Waals surface area contributed by atoms with Crippen LogP contribution in [0.15, 0.2) is 60.7 Å². The highest BCUT2D eigenvalue weighted by atomic mass is 32.2. The maximum absolute atomic E-state index is 13.5. The first-order chi connectivity index (χ1) is 13.0. The molecule has 0 N–H and O–H groups in total. The minimum atomic E-state index is -1.16. The lowest BCUT2D eigenvalue weighted by atomic mass is 10.0. The van der Waals surface area contributed by atoms with E-state index < -0.39 is 9.79 Å². The lowest BCUT2D eigenvalue weighted by Gasteiger charge is -2.33. The van der Waals surface area contributed by atoms with Gasteiger partial charge in [-0.3, -0.25) is 24.6 Å². The summed E-state index contributed by atoms with van der Waals surface area (Å²) < 4.78 is 0. The number of rotatable bonds is 2. The summed E-state index contributed by atoms with van der Waals surface area (Å²) >= 11 is 1.30. The Morgan fingerprint density at radius 2 is 1.70 bits per heavy atom. The molecule has 5 rings (SSSR count). The first kappa shape index (κ1) is 16.0. The van der Waals surface area contributed by atoms with Crippen LogP contribution in [0.4, 0.5) is 11.4 Å². The molecule has 27 heavy (non-hydrogen) atoms. The molecule has 0 aromatic heterocycles. The highest BCUT2D eigenvalue weighted by molar-refractivity contribution is 8.02. The number of carbonyl (C=O) groups is 2. The second-order valence-electron chi connectivity index (χ2n) is 6.47. The van der Waals surface area contributed by atoms with Crippen LogP contribution in [-0.4, -0.2) is 22.4 Å². The summed E-state index contributed by atoms with van der Waals surface area (Å²) in [6.45, 7) is 0. The molecule has 1 aliphatic carbocycles. The van der Waals surface area contributed by atoms with Gasteiger partial charge in [0, 0.05) is 28.9 Å². The van der Waals surface area contributed by atoms with Gasteiger partial charge in [0.05, 0.1) is 10.7 Å². The normalized spacial score (nSPS) is 20.8. The molecule has 0 radical (unpaired) electrons. The van der Waals surface area contributed by atoms with E-state index in [9.17, 15) is 19.7 Å². The van der Waals surface area contributed by atoms with Gasteiger partial charge in [-0.25, -0.2) is 0 Å². The fourth-order valence-electron chi connectivity index (χ4n) is 4.00. The lowest BCUT2D eigenvalue weighted by molar-refractivity contribution is -0.384. The average molecular weight is 376 g/mol. The number of amides is 1. The third kappa shape index (κ3) is 1.97. The van der Waals surface area contributed by atoms with Crippen molar-refractivity contribution in [3.63, 3.8) is 0 Å². The Bertz CT molecular complexity index is 1150. The number of hydrogen-bond donors (Lipinski definition) is 0. The van der Waals surface area contributed by atoms with Gasteiger partial charge in [0.15, 0.2) is 4.87 Å². The number of non-ortho nitro benzene ring substituents is 1. The molecule has 1 aliphatic heterocycles. The molecule has 3 aromatic rings. The molecular formula is C20H12N2O4S. The van der Waals surface area contributed by atoms with E-state index in [1.807, 2.05) is 30.3 Å². The Labute approximate surface area is 157 Å². The molecule has 1 saturated heterocycles. The number of benzene rings is 3. The number of anilines is 1. The Morgan fingerprint density at radius 1 is 1.00 bits per heavy atom. The molecule has 1 amide bonds. The van der Waals surface area contributed by atoms with Crippen molar-refractivity contribution in [1.29, 1.82) is 0 Å². The maximum atomic E-state index is 13.5. The zero-order chi connectivity index (χ0) is 18.8. The molecule has 1 unspecified atom stereocenters. The fourth-order valence-corrected chi connectivity index (χ4v) is 5.37. The number of thioether (sulfide) groups is 1. The Morgan fingerprint density at radius 3 is 2.41 bits per heavy atom. The van der Waals surface area contributed by atoms with Gasteiger partial charge in [-0.1, -0.05) is 36.4 Å². The second-order valence-corrected chi connectivity index (χ2v) is 7.64. The van der Waals surface area contributed by atoms with E-state index in [-0.39, 0.29) is 23.1 Å². The van der Waals surface area contributed by atoms with E-state index in [0.717, 1.165) is 16.3 Å². The van der Waals surface area contributed by atoms with Crippen LogP contribution in [-0.2, 0) is 9.67 Å². The average Bonchev–Trinajstić information content (AvgIpc) is 3.15. The third-order valence-corrected chi connectivity index (χ3v) is 6.51. The van der Waals surface area contributed by atoms with Crippen molar-refractivity contribution in [2.24, 2.45) is 0 Å². The van der Waals surface area contributed by atoms with Crippen molar-refractivity contribution in [3.05, 3.63) is 81.9 Å². The molecule has 2 aliphatic rings. The number of carbonyl (C=O) groups excluding carboxylic acids is 2. The highest BCUT2D eigenvalue weighted by Crippen LogP contribution is 2.55. The summed E-state index contributed by atoms with van der Waals surface area (Å²) in [7, 11) is 0. The van der Waals surface area contributed by atoms with Crippen LogP contribution in [0.25, 0.3) is 10.8 Å². The van der Waals surface area contributed by atoms with E-state index >= 15 is 0 Å². The van der Waals surface area contributed by atoms with Gasteiger partial charge in [0.1, 0.15) is 0 Å². The summed E-state index contributed by atoms with van der Waals surface area (Å²) in [5.74, 6) is -0.136. The molecule has 7 heteroatoms. The number of nitro benzene ring substituents is 1. The number of ketones is 1. The molecule has 3 aromatic carbocycles. The molecule has 1 fully saturated rings. The lowest BCUT2D eigenvalue weighted by Crippen LogP contribution is -2.46. The van der Waals surface area contributed by atoms with E-state index in [1.165, 1.54) is 40.9 Å². The number of fused-ring (bicyclic) bond motifs is 1. The quantitative estimate of drug-likeness (QED) is 0.501. The monoisotopic (exact) mass is 376 g/mol. The summed E-state index contributed by atoms with van der Waals surface area (Å²) in [6.07, 6.45) is 0. The van der Waals surface area contributed by atoms with Crippen LogP contribution >= 0.6 is 11.8 Å². The van der Waals surface area contributed by atoms with Crippen molar-refractivity contribution in [3.8, 4) is 0 Å². The van der Waals surface area contributed by atoms with Crippen LogP contribution in [0.5, 0.6) is 0 Å². The largest absolute Gasteiger partial charge is 0.290 e. The van der Waals surface area contributed by atoms with Crippen LogP contribution in [0.3, 0.4) is 0 Å². The molecule has 6 nitrogen and oxygen atoms in total. The second kappa shape index (κ2) is 5.40. The van der Waals surface area contributed by atoms with Crippen LogP contribution in [0.2, 0.25) is 0 Å². The first-order valence-corrected chi connectivity index (χ1v) is 9.31. The van der Waals surface area contributed by atoms with Crippen molar-refractivity contribution >= 4 is 45.6 Å². The number of hydrogen-bond acceptors (Lipinski definition) is 5. The summed E-state index contributed by atoms with van der Waals surface area (Å²) in [6, 6.07) is 17.1. The van der Waals surface area contributed by atoms with Gasteiger partial charge in [0.2, 0.25) is 11.7 Å². The minimum absolute atomic E-state index is 0.0600. The van der Waals surface area contributed by atoms with Crippen LogP contribution in [0, 0.1) is 10.1 Å². The molecule has 1 heterocycles. The number of nitro groups is 1. The van der Waals surface area contributed by atoms with Crippen LogP contribution < -0.4 is 4.90 Å². The van der Waals surface area contributed by atoms with E-state index in [1.54, 1.807) is 6.07 Å². The molecular weight excluding hydrogens is 364 g/mol. The van der Waals surface area contributed by atoms with Gasteiger partial charge in [-0.2, -0.15) is 0 Å².